The average molecular weight is 324 g/mol. The molecule has 0 unspecified atom stereocenters. The molecule has 120 valence electrons. The number of rotatable bonds is 5. The molecule has 3 aromatic rings. The molecule has 24 heavy (non-hydrogen) atoms. The van der Waals surface area contributed by atoms with Crippen molar-refractivity contribution in [2.75, 3.05) is 0 Å². The minimum absolute atomic E-state index is 0.0332. The van der Waals surface area contributed by atoms with Crippen LogP contribution < -0.4 is 0 Å². The molecule has 0 spiro atoms. The van der Waals surface area contributed by atoms with Gasteiger partial charge in [-0.2, -0.15) is 5.10 Å². The molecule has 0 saturated carbocycles. The van der Waals surface area contributed by atoms with Crippen LogP contribution in [0.25, 0.3) is 5.76 Å². The van der Waals surface area contributed by atoms with E-state index in [4.69, 9.17) is 0 Å². The lowest BCUT2D eigenvalue weighted by Crippen LogP contribution is -2.03. The second-order valence-corrected chi connectivity index (χ2v) is 5.03. The first-order valence-corrected chi connectivity index (χ1v) is 7.13. The Morgan fingerprint density at radius 3 is 2.71 bits per heavy atom. The van der Waals surface area contributed by atoms with E-state index >= 15 is 0 Å². The lowest BCUT2D eigenvalue weighted by Gasteiger charge is -2.03. The number of carbonyl (C=O) groups excluding carboxylic acids is 1. The number of pyridine rings is 1. The molecular formula is C17H13FN4O2. The predicted octanol–water partition coefficient (Wildman–Crippen LogP) is 2.71. The van der Waals surface area contributed by atoms with Crippen LogP contribution in [-0.4, -0.2) is 31.1 Å². The van der Waals surface area contributed by atoms with Crippen molar-refractivity contribution in [1.29, 1.82) is 0 Å². The van der Waals surface area contributed by atoms with Crippen LogP contribution in [0, 0.1) is 5.82 Å². The fourth-order valence-corrected chi connectivity index (χ4v) is 2.12. The van der Waals surface area contributed by atoms with Crippen LogP contribution >= 0.6 is 0 Å². The molecule has 0 atom stereocenters. The number of nitrogens with one attached hydrogen (secondary N) is 1. The van der Waals surface area contributed by atoms with Crippen LogP contribution in [0.4, 0.5) is 4.39 Å². The largest absolute Gasteiger partial charge is 0.504 e. The SMILES string of the molecule is O=C(C=C(O)c1nc[nH]n1)c1cccc(Cc2ccc(F)cc2)n1. The highest BCUT2D eigenvalue weighted by Crippen LogP contribution is 2.11. The van der Waals surface area contributed by atoms with Gasteiger partial charge in [-0.25, -0.2) is 14.4 Å². The lowest BCUT2D eigenvalue weighted by atomic mass is 10.1. The molecule has 0 aliphatic rings. The third-order valence-electron chi connectivity index (χ3n) is 3.27. The van der Waals surface area contributed by atoms with Gasteiger partial charge in [0.25, 0.3) is 0 Å². The number of hydrogen-bond acceptors (Lipinski definition) is 5. The van der Waals surface area contributed by atoms with Gasteiger partial charge in [-0.1, -0.05) is 18.2 Å². The molecule has 0 radical (unpaired) electrons. The summed E-state index contributed by atoms with van der Waals surface area (Å²) >= 11 is 0. The predicted molar refractivity (Wildman–Crippen MR) is 84.8 cm³/mol. The Morgan fingerprint density at radius 1 is 1.21 bits per heavy atom. The van der Waals surface area contributed by atoms with E-state index in [1.807, 2.05) is 0 Å². The van der Waals surface area contributed by atoms with Gasteiger partial charge in [-0.3, -0.25) is 9.89 Å². The zero-order chi connectivity index (χ0) is 16.9. The number of H-pyrrole nitrogens is 1. The second kappa shape index (κ2) is 6.82. The molecule has 1 aromatic carbocycles. The minimum atomic E-state index is -0.460. The van der Waals surface area contributed by atoms with Gasteiger partial charge in [0, 0.05) is 18.2 Å². The van der Waals surface area contributed by atoms with Gasteiger partial charge >= 0.3 is 0 Å². The summed E-state index contributed by atoms with van der Waals surface area (Å²) in [5, 5.41) is 15.9. The van der Waals surface area contributed by atoms with E-state index in [1.54, 1.807) is 30.3 Å². The smallest absolute Gasteiger partial charge is 0.215 e. The van der Waals surface area contributed by atoms with E-state index < -0.39 is 5.78 Å². The number of aromatic nitrogens is 4. The second-order valence-electron chi connectivity index (χ2n) is 5.03. The molecule has 0 aliphatic carbocycles. The summed E-state index contributed by atoms with van der Waals surface area (Å²) in [6, 6.07) is 11.1. The Balaban J connectivity index is 1.78. The highest BCUT2D eigenvalue weighted by Gasteiger charge is 2.10. The first kappa shape index (κ1) is 15.5. The Labute approximate surface area is 136 Å². The number of halogens is 1. The molecule has 2 heterocycles. The molecule has 0 aliphatic heterocycles. The molecule has 0 bridgehead atoms. The van der Waals surface area contributed by atoms with Crippen LogP contribution in [0.2, 0.25) is 0 Å². The summed E-state index contributed by atoms with van der Waals surface area (Å²) in [5.41, 5.74) is 1.74. The average Bonchev–Trinajstić information content (AvgIpc) is 3.12. The Bertz CT molecular complexity index is 874. The monoisotopic (exact) mass is 324 g/mol. The van der Waals surface area contributed by atoms with Crippen molar-refractivity contribution >= 4 is 11.5 Å². The maximum Gasteiger partial charge on any atom is 0.215 e. The number of aliphatic hydroxyl groups excluding tert-OH is 1. The van der Waals surface area contributed by atoms with Crippen molar-refractivity contribution < 1.29 is 14.3 Å². The summed E-state index contributed by atoms with van der Waals surface area (Å²) in [6.07, 6.45) is 2.79. The fourth-order valence-electron chi connectivity index (χ4n) is 2.12. The molecule has 6 nitrogen and oxygen atoms in total. The Morgan fingerprint density at radius 2 is 2.00 bits per heavy atom. The normalized spacial score (nSPS) is 11.5. The van der Waals surface area contributed by atoms with Gasteiger partial charge in [-0.05, 0) is 29.8 Å². The number of carbonyl (C=O) groups is 1. The molecule has 0 fully saturated rings. The lowest BCUT2D eigenvalue weighted by molar-refractivity contribution is 0.104. The third kappa shape index (κ3) is 3.70. The highest BCUT2D eigenvalue weighted by molar-refractivity contribution is 6.06. The van der Waals surface area contributed by atoms with Gasteiger partial charge < -0.3 is 5.11 Å². The van der Waals surface area contributed by atoms with Crippen LogP contribution in [0.15, 0.2) is 54.9 Å². The van der Waals surface area contributed by atoms with Crippen molar-refractivity contribution in [1.82, 2.24) is 20.2 Å². The quantitative estimate of drug-likeness (QED) is 0.428. The summed E-state index contributed by atoms with van der Waals surface area (Å²) in [7, 11) is 0. The Hall–Kier alpha value is -3.35. The van der Waals surface area contributed by atoms with E-state index in [9.17, 15) is 14.3 Å². The van der Waals surface area contributed by atoms with Crippen molar-refractivity contribution in [2.45, 2.75) is 6.42 Å². The molecule has 7 heteroatoms. The molecule has 0 saturated heterocycles. The number of nitrogens with zero attached hydrogens (tertiary/aromatic N) is 3. The zero-order valence-electron chi connectivity index (χ0n) is 12.5. The summed E-state index contributed by atoms with van der Waals surface area (Å²) in [5.74, 6) is -1.07. The van der Waals surface area contributed by atoms with E-state index in [0.29, 0.717) is 12.1 Å². The van der Waals surface area contributed by atoms with Gasteiger partial charge in [0.05, 0.1) is 0 Å². The van der Waals surface area contributed by atoms with Gasteiger partial charge in [0.2, 0.25) is 11.6 Å². The topological polar surface area (TPSA) is 91.8 Å². The molecule has 3 rings (SSSR count). The fraction of sp³-hybridized carbons (Fsp3) is 0.0588. The van der Waals surface area contributed by atoms with E-state index in [0.717, 1.165) is 11.6 Å². The first-order chi connectivity index (χ1) is 11.6. The molecule has 2 N–H and O–H groups in total. The minimum Gasteiger partial charge on any atom is -0.504 e. The highest BCUT2D eigenvalue weighted by atomic mass is 19.1. The Kier molecular flexibility index (Phi) is 4.42. The first-order valence-electron chi connectivity index (χ1n) is 7.13. The number of aliphatic hydroxyl groups is 1. The van der Waals surface area contributed by atoms with Crippen LogP contribution in [0.1, 0.15) is 27.6 Å². The van der Waals surface area contributed by atoms with Crippen molar-refractivity contribution in [3.63, 3.8) is 0 Å². The third-order valence-corrected chi connectivity index (χ3v) is 3.27. The van der Waals surface area contributed by atoms with E-state index in [2.05, 4.69) is 20.2 Å². The summed E-state index contributed by atoms with van der Waals surface area (Å²) in [4.78, 5) is 20.2. The van der Waals surface area contributed by atoms with E-state index in [1.165, 1.54) is 18.5 Å². The van der Waals surface area contributed by atoms with Gasteiger partial charge in [0.15, 0.2) is 5.76 Å². The molecule has 2 aromatic heterocycles. The van der Waals surface area contributed by atoms with Crippen molar-refractivity contribution in [2.24, 2.45) is 0 Å². The van der Waals surface area contributed by atoms with Gasteiger partial charge in [-0.15, -0.1) is 0 Å². The van der Waals surface area contributed by atoms with Crippen LogP contribution in [-0.2, 0) is 6.42 Å². The molecule has 0 amide bonds. The van der Waals surface area contributed by atoms with E-state index in [-0.39, 0.29) is 23.1 Å². The van der Waals surface area contributed by atoms with Gasteiger partial charge in [0.1, 0.15) is 17.8 Å². The maximum absolute atomic E-state index is 12.9. The maximum atomic E-state index is 12.9. The van der Waals surface area contributed by atoms with Crippen LogP contribution in [0.3, 0.4) is 0 Å². The molecular weight excluding hydrogens is 311 g/mol. The number of aromatic amines is 1. The number of benzene rings is 1. The van der Waals surface area contributed by atoms with Crippen molar-refractivity contribution in [3.05, 3.63) is 83.5 Å². The van der Waals surface area contributed by atoms with Crippen LogP contribution in [0.5, 0.6) is 0 Å². The summed E-state index contributed by atoms with van der Waals surface area (Å²) in [6.45, 7) is 0. The zero-order valence-corrected chi connectivity index (χ0v) is 12.5. The number of ketones is 1. The standard InChI is InChI=1S/C17H13FN4O2/c18-12-6-4-11(5-7-12)8-13-2-1-3-14(21-13)15(23)9-16(24)17-19-10-20-22-17/h1-7,9-10,24H,8H2,(H,19,20,22). The summed E-state index contributed by atoms with van der Waals surface area (Å²) < 4.78 is 12.9. The number of allylic oxidation sites excluding steroid dienone is 1. The number of hydrogen-bond donors (Lipinski definition) is 2. The van der Waals surface area contributed by atoms with Crippen molar-refractivity contribution in [3.8, 4) is 0 Å².